The molecule has 3 aromatic rings. The average Bonchev–Trinajstić information content (AvgIpc) is 3.32. The molecule has 160 valence electrons. The van der Waals surface area contributed by atoms with Crippen LogP contribution in [0.2, 0.25) is 0 Å². The van der Waals surface area contributed by atoms with Crippen molar-refractivity contribution in [3.63, 3.8) is 0 Å². The molecule has 1 N–H and O–H groups in total. The number of thiophene rings is 1. The number of nitrogens with one attached hydrogen (secondary N) is 1. The topological polar surface area (TPSA) is 76.9 Å². The summed E-state index contributed by atoms with van der Waals surface area (Å²) in [4.78, 5) is 13.8. The number of rotatable bonds is 5. The number of non-ortho nitro benzene ring substituents is 1. The largest absolute Gasteiger partial charge is 0.493 e. The van der Waals surface area contributed by atoms with Crippen molar-refractivity contribution in [1.82, 2.24) is 4.90 Å². The van der Waals surface area contributed by atoms with Gasteiger partial charge in [-0.05, 0) is 65.5 Å². The molecule has 0 spiro atoms. The number of benzene rings is 2. The summed E-state index contributed by atoms with van der Waals surface area (Å²) in [6.07, 6.45) is 0.805. The minimum atomic E-state index is -0.419. The molecule has 0 aliphatic carbocycles. The summed E-state index contributed by atoms with van der Waals surface area (Å²) < 4.78 is 11.0. The fourth-order valence-corrected chi connectivity index (χ4v) is 4.95. The standard InChI is InChI=1S/C22H21N3O4S2/c1-28-18-12-14-9-10-24(22(30)23-15-5-7-16(8-6-15)25(26)27)21(20-4-3-11-31-20)17(14)13-19(18)29-2/h3-8,11-13,21H,9-10H2,1-2H3,(H,23,30). The van der Waals surface area contributed by atoms with Crippen LogP contribution in [-0.4, -0.2) is 35.7 Å². The molecule has 0 fully saturated rings. The fraction of sp³-hybridized carbons (Fsp3) is 0.227. The van der Waals surface area contributed by atoms with Gasteiger partial charge in [0, 0.05) is 29.2 Å². The quantitative estimate of drug-likeness (QED) is 0.329. The summed E-state index contributed by atoms with van der Waals surface area (Å²) >= 11 is 7.43. The molecule has 0 amide bonds. The third kappa shape index (κ3) is 4.19. The number of ether oxygens (including phenoxy) is 2. The zero-order chi connectivity index (χ0) is 22.0. The minimum Gasteiger partial charge on any atom is -0.493 e. The highest BCUT2D eigenvalue weighted by atomic mass is 32.1. The first-order chi connectivity index (χ1) is 15.0. The maximum Gasteiger partial charge on any atom is 0.269 e. The summed E-state index contributed by atoms with van der Waals surface area (Å²) in [5.74, 6) is 1.39. The molecule has 1 atom stereocenters. The van der Waals surface area contributed by atoms with Crippen LogP contribution in [0.5, 0.6) is 11.5 Å². The van der Waals surface area contributed by atoms with Gasteiger partial charge >= 0.3 is 0 Å². The number of nitrogens with zero attached hydrogens (tertiary/aromatic N) is 2. The maximum absolute atomic E-state index is 10.9. The molecule has 1 aromatic heterocycles. The van der Waals surface area contributed by atoms with Crippen molar-refractivity contribution < 1.29 is 14.4 Å². The van der Waals surface area contributed by atoms with Crippen LogP contribution in [-0.2, 0) is 6.42 Å². The van der Waals surface area contributed by atoms with E-state index in [1.807, 2.05) is 18.2 Å². The Labute approximate surface area is 189 Å². The number of thiocarbonyl (C=S) groups is 1. The molecule has 4 rings (SSSR count). The van der Waals surface area contributed by atoms with E-state index in [-0.39, 0.29) is 11.7 Å². The second kappa shape index (κ2) is 8.91. The Morgan fingerprint density at radius 1 is 1.19 bits per heavy atom. The molecule has 2 aromatic carbocycles. The summed E-state index contributed by atoms with van der Waals surface area (Å²) in [6.45, 7) is 0.726. The Morgan fingerprint density at radius 2 is 1.90 bits per heavy atom. The smallest absolute Gasteiger partial charge is 0.269 e. The highest BCUT2D eigenvalue weighted by Crippen LogP contribution is 2.42. The van der Waals surface area contributed by atoms with Gasteiger partial charge in [0.1, 0.15) is 0 Å². The number of anilines is 1. The Bertz CT molecular complexity index is 1100. The van der Waals surface area contributed by atoms with Crippen LogP contribution < -0.4 is 14.8 Å². The van der Waals surface area contributed by atoms with Crippen molar-refractivity contribution in [2.24, 2.45) is 0 Å². The zero-order valence-corrected chi connectivity index (χ0v) is 18.7. The number of fused-ring (bicyclic) bond motifs is 1. The van der Waals surface area contributed by atoms with Crippen LogP contribution in [0, 0.1) is 10.1 Å². The summed E-state index contributed by atoms with van der Waals surface area (Å²) in [7, 11) is 3.27. The van der Waals surface area contributed by atoms with E-state index < -0.39 is 4.92 Å². The Balaban J connectivity index is 1.67. The average molecular weight is 456 g/mol. The van der Waals surface area contributed by atoms with Gasteiger partial charge in [0.25, 0.3) is 5.69 Å². The first-order valence-corrected chi connectivity index (χ1v) is 10.9. The monoisotopic (exact) mass is 455 g/mol. The number of nitro groups is 1. The molecule has 0 radical (unpaired) electrons. The Morgan fingerprint density at radius 3 is 2.52 bits per heavy atom. The van der Waals surface area contributed by atoms with Gasteiger partial charge in [0.2, 0.25) is 0 Å². The molecule has 0 bridgehead atoms. The summed E-state index contributed by atoms with van der Waals surface area (Å²) in [6, 6.07) is 14.4. The van der Waals surface area contributed by atoms with Gasteiger partial charge in [-0.2, -0.15) is 0 Å². The predicted octanol–water partition coefficient (Wildman–Crippen LogP) is 5.02. The van der Waals surface area contributed by atoms with Crippen LogP contribution >= 0.6 is 23.6 Å². The van der Waals surface area contributed by atoms with Crippen LogP contribution in [0.3, 0.4) is 0 Å². The van der Waals surface area contributed by atoms with Crippen molar-refractivity contribution in [2.75, 3.05) is 26.1 Å². The van der Waals surface area contributed by atoms with Gasteiger partial charge in [0.15, 0.2) is 16.6 Å². The molecule has 0 saturated heterocycles. The van der Waals surface area contributed by atoms with Crippen molar-refractivity contribution in [3.05, 3.63) is 80.0 Å². The van der Waals surface area contributed by atoms with Crippen molar-refractivity contribution in [1.29, 1.82) is 0 Å². The minimum absolute atomic E-state index is 0.0425. The Hall–Kier alpha value is -3.17. The predicted molar refractivity (Wildman–Crippen MR) is 125 cm³/mol. The molecule has 1 aliphatic rings. The van der Waals surface area contributed by atoms with Crippen LogP contribution in [0.4, 0.5) is 11.4 Å². The van der Waals surface area contributed by atoms with Crippen LogP contribution in [0.1, 0.15) is 22.0 Å². The van der Waals surface area contributed by atoms with Gasteiger partial charge in [0.05, 0.1) is 25.2 Å². The molecular weight excluding hydrogens is 434 g/mol. The van der Waals surface area contributed by atoms with Crippen LogP contribution in [0.25, 0.3) is 0 Å². The highest BCUT2D eigenvalue weighted by molar-refractivity contribution is 7.80. The van der Waals surface area contributed by atoms with Gasteiger partial charge in [-0.1, -0.05) is 6.07 Å². The lowest BCUT2D eigenvalue weighted by Crippen LogP contribution is -2.42. The van der Waals surface area contributed by atoms with E-state index in [1.54, 1.807) is 37.7 Å². The van der Waals surface area contributed by atoms with Gasteiger partial charge in [-0.3, -0.25) is 10.1 Å². The van der Waals surface area contributed by atoms with Crippen molar-refractivity contribution >= 4 is 40.0 Å². The van der Waals surface area contributed by atoms with E-state index >= 15 is 0 Å². The maximum atomic E-state index is 10.9. The number of methoxy groups -OCH3 is 2. The molecule has 1 aliphatic heterocycles. The summed E-state index contributed by atoms with van der Waals surface area (Å²) in [5.41, 5.74) is 3.07. The fourth-order valence-electron chi connectivity index (χ4n) is 3.78. The van der Waals surface area contributed by atoms with E-state index in [4.69, 9.17) is 21.7 Å². The first-order valence-electron chi connectivity index (χ1n) is 9.62. The first kappa shape index (κ1) is 21.1. The number of nitro benzene ring substituents is 1. The Kier molecular flexibility index (Phi) is 6.06. The van der Waals surface area contributed by atoms with E-state index in [1.165, 1.54) is 22.6 Å². The lowest BCUT2D eigenvalue weighted by Gasteiger charge is -2.39. The van der Waals surface area contributed by atoms with Crippen molar-refractivity contribution in [2.45, 2.75) is 12.5 Å². The zero-order valence-electron chi connectivity index (χ0n) is 17.0. The lowest BCUT2D eigenvalue weighted by atomic mass is 9.91. The molecule has 7 nitrogen and oxygen atoms in total. The van der Waals surface area contributed by atoms with E-state index in [9.17, 15) is 10.1 Å². The van der Waals surface area contributed by atoms with Gasteiger partial charge in [-0.15, -0.1) is 11.3 Å². The molecule has 9 heteroatoms. The molecule has 1 unspecified atom stereocenters. The normalized spacial score (nSPS) is 15.2. The van der Waals surface area contributed by atoms with Gasteiger partial charge < -0.3 is 19.7 Å². The number of hydrogen-bond donors (Lipinski definition) is 1. The third-order valence-electron chi connectivity index (χ3n) is 5.28. The van der Waals surface area contributed by atoms with E-state index in [0.29, 0.717) is 22.3 Å². The molecule has 31 heavy (non-hydrogen) atoms. The SMILES string of the molecule is COc1cc2c(cc1OC)C(c1cccs1)N(C(=S)Nc1ccc([N+](=O)[O-])cc1)CC2. The third-order valence-corrected chi connectivity index (χ3v) is 6.54. The molecule has 0 saturated carbocycles. The van der Waals surface area contributed by atoms with Gasteiger partial charge in [-0.25, -0.2) is 0 Å². The second-order valence-corrected chi connectivity index (χ2v) is 8.37. The van der Waals surface area contributed by atoms with Crippen LogP contribution in [0.15, 0.2) is 53.9 Å². The van der Waals surface area contributed by atoms with E-state index in [0.717, 1.165) is 18.5 Å². The van der Waals surface area contributed by atoms with Crippen molar-refractivity contribution in [3.8, 4) is 11.5 Å². The number of hydrogen-bond acceptors (Lipinski definition) is 6. The lowest BCUT2D eigenvalue weighted by molar-refractivity contribution is -0.384. The molecule has 2 heterocycles. The molecular formula is C22H21N3O4S2. The second-order valence-electron chi connectivity index (χ2n) is 7.00. The van der Waals surface area contributed by atoms with E-state index in [2.05, 4.69) is 21.7 Å². The summed E-state index contributed by atoms with van der Waals surface area (Å²) in [5, 5.41) is 16.8. The highest BCUT2D eigenvalue weighted by Gasteiger charge is 2.32.